The maximum atomic E-state index is 14.0. The molecule has 3 aromatic heterocycles. The quantitative estimate of drug-likeness (QED) is 0.418. The first-order valence-electron chi connectivity index (χ1n) is 11.2. The van der Waals surface area contributed by atoms with Gasteiger partial charge in [0.15, 0.2) is 11.5 Å². The standard InChI is InChI=1S/C24H22F3N7O2/c1-36-20-8-7-19(30-31-20)34-22(24(25,26)27)18(14-29-34)23(35)33-12-10-32(11-13-33)15-17-5-2-4-16-6-3-9-28-21(16)17/h2-9,14H,10-13,15H2,1H3. The van der Waals surface area contributed by atoms with Crippen LogP contribution in [0.4, 0.5) is 13.2 Å². The Morgan fingerprint density at radius 1 is 1.03 bits per heavy atom. The zero-order valence-electron chi connectivity index (χ0n) is 19.3. The van der Waals surface area contributed by atoms with Crippen molar-refractivity contribution in [1.29, 1.82) is 0 Å². The highest BCUT2D eigenvalue weighted by molar-refractivity contribution is 5.95. The van der Waals surface area contributed by atoms with Crippen molar-refractivity contribution < 1.29 is 22.7 Å². The highest BCUT2D eigenvalue weighted by Crippen LogP contribution is 2.34. The molecule has 1 saturated heterocycles. The highest BCUT2D eigenvalue weighted by Gasteiger charge is 2.42. The van der Waals surface area contributed by atoms with Crippen molar-refractivity contribution in [1.82, 2.24) is 34.8 Å². The molecule has 1 aliphatic rings. The van der Waals surface area contributed by atoms with Crippen LogP contribution in [0, 0.1) is 0 Å². The van der Waals surface area contributed by atoms with E-state index in [0.717, 1.165) is 22.7 Å². The molecule has 36 heavy (non-hydrogen) atoms. The van der Waals surface area contributed by atoms with Crippen LogP contribution in [0.15, 0.2) is 54.9 Å². The van der Waals surface area contributed by atoms with Gasteiger partial charge in [-0.1, -0.05) is 24.3 Å². The SMILES string of the molecule is COc1ccc(-n2ncc(C(=O)N3CCN(Cc4cccc5cccnc45)CC3)c2C(F)(F)F)nn1. The molecule has 0 bridgehead atoms. The molecule has 4 aromatic rings. The Kier molecular flexibility index (Phi) is 6.27. The van der Waals surface area contributed by atoms with Crippen LogP contribution in [0.5, 0.6) is 5.88 Å². The number of amides is 1. The number of alkyl halides is 3. The lowest BCUT2D eigenvalue weighted by Gasteiger charge is -2.35. The molecule has 0 radical (unpaired) electrons. The molecule has 4 heterocycles. The van der Waals surface area contributed by atoms with Crippen molar-refractivity contribution in [3.8, 4) is 11.7 Å². The molecule has 0 aliphatic carbocycles. The van der Waals surface area contributed by atoms with Crippen molar-refractivity contribution in [2.24, 2.45) is 0 Å². The summed E-state index contributed by atoms with van der Waals surface area (Å²) >= 11 is 0. The third kappa shape index (κ3) is 4.59. The van der Waals surface area contributed by atoms with E-state index in [0.29, 0.717) is 37.4 Å². The minimum Gasteiger partial charge on any atom is -0.480 e. The number of halogens is 3. The Morgan fingerprint density at radius 2 is 1.81 bits per heavy atom. The van der Waals surface area contributed by atoms with Crippen LogP contribution < -0.4 is 4.74 Å². The number of carbonyl (C=O) groups is 1. The van der Waals surface area contributed by atoms with E-state index in [1.807, 2.05) is 30.3 Å². The van der Waals surface area contributed by atoms with Gasteiger partial charge in [0.25, 0.3) is 5.91 Å². The van der Waals surface area contributed by atoms with Crippen molar-refractivity contribution in [3.63, 3.8) is 0 Å². The van der Waals surface area contributed by atoms with Crippen LogP contribution >= 0.6 is 0 Å². The number of ether oxygens (including phenoxy) is 1. The van der Waals surface area contributed by atoms with Crippen molar-refractivity contribution >= 4 is 16.8 Å². The van der Waals surface area contributed by atoms with Gasteiger partial charge in [0.1, 0.15) is 0 Å². The summed E-state index contributed by atoms with van der Waals surface area (Å²) in [6.07, 6.45) is -2.14. The summed E-state index contributed by atoms with van der Waals surface area (Å²) in [5.41, 5.74) is 0.277. The summed E-state index contributed by atoms with van der Waals surface area (Å²) in [5, 5.41) is 12.3. The summed E-state index contributed by atoms with van der Waals surface area (Å²) in [5.74, 6) is -0.745. The first-order valence-corrected chi connectivity index (χ1v) is 11.2. The second-order valence-corrected chi connectivity index (χ2v) is 8.31. The molecule has 0 unspecified atom stereocenters. The Hall–Kier alpha value is -4.06. The first kappa shape index (κ1) is 23.7. The smallest absolute Gasteiger partial charge is 0.434 e. The molecule has 1 aromatic carbocycles. The number of methoxy groups -OCH3 is 1. The summed E-state index contributed by atoms with van der Waals surface area (Å²) < 4.78 is 47.5. The van der Waals surface area contributed by atoms with E-state index in [9.17, 15) is 18.0 Å². The van der Waals surface area contributed by atoms with Crippen LogP contribution in [-0.2, 0) is 12.7 Å². The van der Waals surface area contributed by atoms with Gasteiger partial charge in [-0.3, -0.25) is 14.7 Å². The fraction of sp³-hybridized carbons (Fsp3) is 0.292. The monoisotopic (exact) mass is 497 g/mol. The molecule has 9 nitrogen and oxygen atoms in total. The van der Waals surface area contributed by atoms with Crippen molar-refractivity contribution in [3.05, 3.63) is 71.7 Å². The van der Waals surface area contributed by atoms with Crippen molar-refractivity contribution in [2.45, 2.75) is 12.7 Å². The highest BCUT2D eigenvalue weighted by atomic mass is 19.4. The molecule has 0 N–H and O–H groups in total. The van der Waals surface area contributed by atoms with Crippen LogP contribution in [-0.4, -0.2) is 74.0 Å². The molecule has 1 aliphatic heterocycles. The van der Waals surface area contributed by atoms with E-state index in [-0.39, 0.29) is 11.7 Å². The van der Waals surface area contributed by atoms with E-state index in [2.05, 4.69) is 25.2 Å². The van der Waals surface area contributed by atoms with Gasteiger partial charge in [-0.05, 0) is 17.7 Å². The lowest BCUT2D eigenvalue weighted by Crippen LogP contribution is -2.48. The van der Waals surface area contributed by atoms with Crippen LogP contribution in [0.2, 0.25) is 0 Å². The maximum Gasteiger partial charge on any atom is 0.434 e. The summed E-state index contributed by atoms with van der Waals surface area (Å²) in [7, 11) is 1.37. The Bertz CT molecular complexity index is 1380. The molecule has 0 spiro atoms. The van der Waals surface area contributed by atoms with Crippen LogP contribution in [0.25, 0.3) is 16.7 Å². The van der Waals surface area contributed by atoms with E-state index in [4.69, 9.17) is 4.74 Å². The fourth-order valence-electron chi connectivity index (χ4n) is 4.30. The summed E-state index contributed by atoms with van der Waals surface area (Å²) in [6, 6.07) is 12.5. The summed E-state index contributed by atoms with van der Waals surface area (Å²) in [4.78, 5) is 21.2. The third-order valence-corrected chi connectivity index (χ3v) is 6.09. The topological polar surface area (TPSA) is 89.3 Å². The largest absolute Gasteiger partial charge is 0.480 e. The van der Waals surface area contributed by atoms with Gasteiger partial charge in [0, 0.05) is 50.4 Å². The molecule has 0 saturated carbocycles. The number of pyridine rings is 1. The lowest BCUT2D eigenvalue weighted by atomic mass is 10.1. The number of nitrogens with zero attached hydrogens (tertiary/aromatic N) is 7. The first-order chi connectivity index (χ1) is 17.3. The minimum absolute atomic E-state index is 0.146. The summed E-state index contributed by atoms with van der Waals surface area (Å²) in [6.45, 7) is 2.27. The predicted molar refractivity (Wildman–Crippen MR) is 124 cm³/mol. The number of benzene rings is 1. The number of aromatic nitrogens is 5. The molecule has 1 fully saturated rings. The third-order valence-electron chi connectivity index (χ3n) is 6.09. The van der Waals surface area contributed by atoms with E-state index < -0.39 is 23.3 Å². The Balaban J connectivity index is 1.32. The molecular formula is C24H22F3N7O2. The average molecular weight is 497 g/mol. The average Bonchev–Trinajstić information content (AvgIpc) is 3.35. The number of rotatable bonds is 5. The molecule has 0 atom stereocenters. The zero-order chi connectivity index (χ0) is 25.3. The van der Waals surface area contributed by atoms with E-state index in [1.165, 1.54) is 24.1 Å². The van der Waals surface area contributed by atoms with Gasteiger partial charge < -0.3 is 9.64 Å². The van der Waals surface area contributed by atoms with Gasteiger partial charge in [0.05, 0.1) is 24.4 Å². The lowest BCUT2D eigenvalue weighted by molar-refractivity contribution is -0.143. The molecule has 12 heteroatoms. The number of para-hydroxylation sites is 1. The molecule has 5 rings (SSSR count). The van der Waals surface area contributed by atoms with E-state index in [1.54, 1.807) is 6.20 Å². The molecule has 1 amide bonds. The van der Waals surface area contributed by atoms with E-state index >= 15 is 0 Å². The van der Waals surface area contributed by atoms with Crippen LogP contribution in [0.1, 0.15) is 21.6 Å². The Morgan fingerprint density at radius 3 is 2.50 bits per heavy atom. The van der Waals surface area contributed by atoms with Crippen molar-refractivity contribution in [2.75, 3.05) is 33.3 Å². The number of carbonyl (C=O) groups excluding carboxylic acids is 1. The molecular weight excluding hydrogens is 475 g/mol. The Labute approximate surface area is 204 Å². The maximum absolute atomic E-state index is 14.0. The predicted octanol–water partition coefficient (Wildman–Crippen LogP) is 3.20. The van der Waals surface area contributed by atoms with Gasteiger partial charge >= 0.3 is 6.18 Å². The van der Waals surface area contributed by atoms with Gasteiger partial charge in [0.2, 0.25) is 5.88 Å². The number of hydrogen-bond donors (Lipinski definition) is 0. The van der Waals surface area contributed by atoms with Gasteiger partial charge in [-0.2, -0.15) is 18.3 Å². The molecule has 186 valence electrons. The normalized spacial score (nSPS) is 14.8. The zero-order valence-corrected chi connectivity index (χ0v) is 19.3. The minimum atomic E-state index is -4.83. The fourth-order valence-corrected chi connectivity index (χ4v) is 4.30. The van der Waals surface area contributed by atoms with Crippen LogP contribution in [0.3, 0.4) is 0 Å². The number of hydrogen-bond acceptors (Lipinski definition) is 7. The number of piperazine rings is 1. The number of fused-ring (bicyclic) bond motifs is 1. The second kappa shape index (κ2) is 9.53. The van der Waals surface area contributed by atoms with Gasteiger partial charge in [-0.15, -0.1) is 10.2 Å². The second-order valence-electron chi connectivity index (χ2n) is 8.31. The van der Waals surface area contributed by atoms with Gasteiger partial charge in [-0.25, -0.2) is 4.68 Å².